The topological polar surface area (TPSA) is 44.0 Å². The fourth-order valence-electron chi connectivity index (χ4n) is 0.948. The summed E-state index contributed by atoms with van der Waals surface area (Å²) in [7, 11) is 0. The third-order valence-corrected chi connectivity index (χ3v) is 1.61. The summed E-state index contributed by atoms with van der Waals surface area (Å²) in [5.74, 6) is 0. The molecule has 1 aromatic rings. The van der Waals surface area contributed by atoms with Crippen LogP contribution in [-0.2, 0) is 0 Å². The molecule has 0 bridgehead atoms. The zero-order valence-corrected chi connectivity index (χ0v) is 7.22. The lowest BCUT2D eigenvalue weighted by molar-refractivity contribution is 0.229. The molecule has 0 aromatic heterocycles. The Labute approximate surface area is 77.8 Å². The van der Waals surface area contributed by atoms with Crippen molar-refractivity contribution in [1.82, 2.24) is 0 Å². The summed E-state index contributed by atoms with van der Waals surface area (Å²) in [6, 6.07) is 11.6. The summed E-state index contributed by atoms with van der Waals surface area (Å²) < 4.78 is 0. The van der Waals surface area contributed by atoms with E-state index in [1.165, 1.54) is 0 Å². The first-order valence-corrected chi connectivity index (χ1v) is 4.11. The summed E-state index contributed by atoms with van der Waals surface area (Å²) in [6.45, 7) is 0. The van der Waals surface area contributed by atoms with Crippen LogP contribution < -0.4 is 0 Å². The lowest BCUT2D eigenvalue weighted by Crippen LogP contribution is -1.98. The van der Waals surface area contributed by atoms with Gasteiger partial charge >= 0.3 is 0 Å². The number of aliphatic hydroxyl groups is 1. The minimum Gasteiger partial charge on any atom is -0.388 e. The Balaban J connectivity index is 2.55. The van der Waals surface area contributed by atoms with E-state index in [1.807, 2.05) is 42.5 Å². The number of rotatable bonds is 3. The molecular weight excluding hydrogens is 162 g/mol. The summed E-state index contributed by atoms with van der Waals surface area (Å²) in [5, 5.41) is 17.5. The van der Waals surface area contributed by atoms with Crippen molar-refractivity contribution in [2.24, 2.45) is 0 Å². The van der Waals surface area contributed by atoms with Crippen LogP contribution in [0.15, 0.2) is 36.4 Å². The van der Waals surface area contributed by atoms with Gasteiger partial charge in [-0.1, -0.05) is 42.5 Å². The molecule has 2 heteroatoms. The van der Waals surface area contributed by atoms with Crippen LogP contribution in [0, 0.1) is 11.3 Å². The molecule has 1 rings (SSSR count). The van der Waals surface area contributed by atoms with E-state index in [9.17, 15) is 5.11 Å². The summed E-state index contributed by atoms with van der Waals surface area (Å²) >= 11 is 0. The number of hydrogen-bond acceptors (Lipinski definition) is 2. The van der Waals surface area contributed by atoms with Crippen LogP contribution in [0.3, 0.4) is 0 Å². The highest BCUT2D eigenvalue weighted by molar-refractivity contribution is 5.49. The lowest BCUT2D eigenvalue weighted by atomic mass is 10.2. The molecule has 1 unspecified atom stereocenters. The van der Waals surface area contributed by atoms with Gasteiger partial charge in [-0.3, -0.25) is 0 Å². The zero-order valence-electron chi connectivity index (χ0n) is 7.22. The Kier molecular flexibility index (Phi) is 3.74. The van der Waals surface area contributed by atoms with E-state index in [0.717, 1.165) is 5.56 Å². The predicted octanol–water partition coefficient (Wildman–Crippen LogP) is 1.97. The third-order valence-electron chi connectivity index (χ3n) is 1.61. The minimum absolute atomic E-state index is 0.142. The van der Waals surface area contributed by atoms with Gasteiger partial charge in [-0.15, -0.1) is 0 Å². The van der Waals surface area contributed by atoms with Gasteiger partial charge < -0.3 is 5.11 Å². The molecule has 0 saturated carbocycles. The molecule has 1 atom stereocenters. The molecule has 0 heterocycles. The van der Waals surface area contributed by atoms with E-state index < -0.39 is 6.10 Å². The molecule has 0 fully saturated rings. The molecule has 0 amide bonds. The second-order valence-corrected chi connectivity index (χ2v) is 2.70. The molecule has 1 N–H and O–H groups in total. The Bertz CT molecular complexity index is 311. The Morgan fingerprint density at radius 2 is 2.08 bits per heavy atom. The Morgan fingerprint density at radius 3 is 2.69 bits per heavy atom. The molecule has 0 aliphatic carbocycles. The monoisotopic (exact) mass is 173 g/mol. The third kappa shape index (κ3) is 3.55. The molecular formula is C11H11NO. The van der Waals surface area contributed by atoms with Crippen LogP contribution in [-0.4, -0.2) is 11.2 Å². The van der Waals surface area contributed by atoms with E-state index in [0.29, 0.717) is 0 Å². The van der Waals surface area contributed by atoms with Gasteiger partial charge in [0, 0.05) is 0 Å². The minimum atomic E-state index is -0.662. The maximum atomic E-state index is 9.20. The molecule has 66 valence electrons. The van der Waals surface area contributed by atoms with E-state index in [1.54, 1.807) is 6.08 Å². The van der Waals surface area contributed by atoms with Gasteiger partial charge in [0.1, 0.15) is 0 Å². The lowest BCUT2D eigenvalue weighted by Gasteiger charge is -1.97. The predicted molar refractivity (Wildman–Crippen MR) is 51.7 cm³/mol. The molecule has 0 spiro atoms. The van der Waals surface area contributed by atoms with Crippen molar-refractivity contribution < 1.29 is 5.11 Å². The average Bonchev–Trinajstić information content (AvgIpc) is 2.17. The van der Waals surface area contributed by atoms with Crippen LogP contribution in [0.4, 0.5) is 0 Å². The van der Waals surface area contributed by atoms with Crippen LogP contribution in [0.2, 0.25) is 0 Å². The van der Waals surface area contributed by atoms with Crippen molar-refractivity contribution in [3.63, 3.8) is 0 Å². The fourth-order valence-corrected chi connectivity index (χ4v) is 0.948. The largest absolute Gasteiger partial charge is 0.388 e. The van der Waals surface area contributed by atoms with E-state index in [2.05, 4.69) is 0 Å². The highest BCUT2D eigenvalue weighted by Gasteiger charge is 1.95. The van der Waals surface area contributed by atoms with Crippen molar-refractivity contribution >= 4 is 6.08 Å². The first kappa shape index (κ1) is 9.50. The van der Waals surface area contributed by atoms with Crippen molar-refractivity contribution in [3.05, 3.63) is 42.0 Å². The van der Waals surface area contributed by atoms with E-state index in [4.69, 9.17) is 5.26 Å². The first-order valence-electron chi connectivity index (χ1n) is 4.11. The van der Waals surface area contributed by atoms with Crippen LogP contribution in [0.25, 0.3) is 6.08 Å². The van der Waals surface area contributed by atoms with Crippen LogP contribution >= 0.6 is 0 Å². The highest BCUT2D eigenvalue weighted by Crippen LogP contribution is 2.02. The van der Waals surface area contributed by atoms with Crippen molar-refractivity contribution in [3.8, 4) is 6.07 Å². The van der Waals surface area contributed by atoms with Gasteiger partial charge in [0.2, 0.25) is 0 Å². The Morgan fingerprint density at radius 1 is 1.38 bits per heavy atom. The molecule has 0 saturated heterocycles. The number of nitrogens with zero attached hydrogens (tertiary/aromatic N) is 1. The van der Waals surface area contributed by atoms with Crippen molar-refractivity contribution in [1.29, 1.82) is 5.26 Å². The van der Waals surface area contributed by atoms with Crippen molar-refractivity contribution in [2.45, 2.75) is 12.5 Å². The summed E-state index contributed by atoms with van der Waals surface area (Å²) in [4.78, 5) is 0. The van der Waals surface area contributed by atoms with Crippen LogP contribution in [0.5, 0.6) is 0 Å². The Hall–Kier alpha value is -1.59. The molecule has 1 aromatic carbocycles. The van der Waals surface area contributed by atoms with Gasteiger partial charge in [-0.2, -0.15) is 5.26 Å². The average molecular weight is 173 g/mol. The highest BCUT2D eigenvalue weighted by atomic mass is 16.3. The second kappa shape index (κ2) is 5.13. The summed E-state index contributed by atoms with van der Waals surface area (Å²) in [5.41, 5.74) is 1.03. The van der Waals surface area contributed by atoms with Gasteiger partial charge in [-0.05, 0) is 5.56 Å². The number of nitriles is 1. The van der Waals surface area contributed by atoms with Gasteiger partial charge in [0.05, 0.1) is 18.6 Å². The molecule has 0 aliphatic rings. The molecule has 0 aliphatic heterocycles. The molecule has 13 heavy (non-hydrogen) atoms. The normalized spacial score (nSPS) is 12.6. The van der Waals surface area contributed by atoms with Gasteiger partial charge in [0.15, 0.2) is 0 Å². The zero-order chi connectivity index (χ0) is 9.52. The van der Waals surface area contributed by atoms with Crippen LogP contribution in [0.1, 0.15) is 12.0 Å². The number of hydrogen-bond donors (Lipinski definition) is 1. The standard InChI is InChI=1S/C11H11NO/c12-9-8-11(13)7-6-10-4-2-1-3-5-10/h1-7,11,13H,8H2/b7-6+. The number of aliphatic hydroxyl groups excluding tert-OH is 1. The quantitative estimate of drug-likeness (QED) is 0.759. The maximum absolute atomic E-state index is 9.20. The maximum Gasteiger partial charge on any atom is 0.0854 e. The van der Waals surface area contributed by atoms with Crippen molar-refractivity contribution in [2.75, 3.05) is 0 Å². The molecule has 0 radical (unpaired) electrons. The van der Waals surface area contributed by atoms with Gasteiger partial charge in [-0.25, -0.2) is 0 Å². The fraction of sp³-hybridized carbons (Fsp3) is 0.182. The first-order chi connectivity index (χ1) is 6.33. The summed E-state index contributed by atoms with van der Waals surface area (Å²) in [6.07, 6.45) is 2.91. The smallest absolute Gasteiger partial charge is 0.0854 e. The number of benzene rings is 1. The van der Waals surface area contributed by atoms with E-state index >= 15 is 0 Å². The SMILES string of the molecule is N#CCC(O)/C=C/c1ccccc1. The van der Waals surface area contributed by atoms with E-state index in [-0.39, 0.29) is 6.42 Å². The molecule has 2 nitrogen and oxygen atoms in total. The van der Waals surface area contributed by atoms with Gasteiger partial charge in [0.25, 0.3) is 0 Å². The second-order valence-electron chi connectivity index (χ2n) is 2.70.